The highest BCUT2D eigenvalue weighted by Crippen LogP contribution is 2.03. The van der Waals surface area contributed by atoms with E-state index in [0.29, 0.717) is 6.54 Å². The molecule has 22 heavy (non-hydrogen) atoms. The van der Waals surface area contributed by atoms with Crippen LogP contribution in [0.2, 0.25) is 0 Å². The van der Waals surface area contributed by atoms with Gasteiger partial charge >= 0.3 is 0 Å². The fourth-order valence-electron chi connectivity index (χ4n) is 2.21. The molecule has 0 saturated carbocycles. The lowest BCUT2D eigenvalue weighted by molar-refractivity contribution is -0.128. The maximum absolute atomic E-state index is 12.5. The lowest BCUT2D eigenvalue weighted by Gasteiger charge is -2.27. The minimum atomic E-state index is -0.227. The Morgan fingerprint density at radius 2 is 2.00 bits per heavy atom. The molecule has 0 radical (unpaired) electrons. The Balaban J connectivity index is 2.59. The lowest BCUT2D eigenvalue weighted by Crippen LogP contribution is -2.50. The van der Waals surface area contributed by atoms with Gasteiger partial charge in [0.05, 0.1) is 6.42 Å². The molecule has 0 aliphatic carbocycles. The van der Waals surface area contributed by atoms with Gasteiger partial charge in [-0.1, -0.05) is 20.8 Å². The van der Waals surface area contributed by atoms with Crippen molar-refractivity contribution in [2.24, 2.45) is 5.10 Å². The molecule has 7 heteroatoms. The van der Waals surface area contributed by atoms with E-state index in [2.05, 4.69) is 41.6 Å². The largest absolute Gasteiger partial charge is 0.304 e. The molecule has 7 nitrogen and oxygen atoms in total. The number of hydrazine groups is 1. The summed E-state index contributed by atoms with van der Waals surface area (Å²) in [6.45, 7) is 11.9. The maximum atomic E-state index is 12.5. The van der Waals surface area contributed by atoms with E-state index in [1.807, 2.05) is 6.92 Å². The Bertz CT molecular complexity index is 407. The maximum Gasteiger partial charge on any atom is 0.284 e. The molecule has 0 spiro atoms. The van der Waals surface area contributed by atoms with Crippen molar-refractivity contribution in [3.8, 4) is 0 Å². The third-order valence-electron chi connectivity index (χ3n) is 3.87. The molecular weight excluding hydrogens is 282 g/mol. The first-order valence-corrected chi connectivity index (χ1v) is 8.17. The van der Waals surface area contributed by atoms with E-state index in [1.54, 1.807) is 5.01 Å². The monoisotopic (exact) mass is 311 g/mol. The normalized spacial score (nSPS) is 15.7. The molecule has 0 saturated heterocycles. The Hall–Kier alpha value is -1.47. The number of nitrogens with one attached hydrogen (secondary N) is 2. The molecule has 1 atom stereocenters. The van der Waals surface area contributed by atoms with Crippen molar-refractivity contribution in [3.63, 3.8) is 0 Å². The number of nitrogens with zero attached hydrogens (tertiary/aromatic N) is 3. The van der Waals surface area contributed by atoms with Crippen LogP contribution in [-0.4, -0.2) is 59.7 Å². The summed E-state index contributed by atoms with van der Waals surface area (Å²) < 4.78 is 0. The van der Waals surface area contributed by atoms with Crippen LogP contribution in [-0.2, 0) is 9.59 Å². The van der Waals surface area contributed by atoms with Gasteiger partial charge in [-0.15, -0.1) is 0 Å². The van der Waals surface area contributed by atoms with Crippen LogP contribution in [0.3, 0.4) is 0 Å². The zero-order valence-corrected chi connectivity index (χ0v) is 14.2. The molecule has 126 valence electrons. The van der Waals surface area contributed by atoms with Gasteiger partial charge in [0.2, 0.25) is 5.91 Å². The average Bonchev–Trinajstić information content (AvgIpc) is 2.96. The zero-order chi connectivity index (χ0) is 16.5. The van der Waals surface area contributed by atoms with Crippen LogP contribution in [0.1, 0.15) is 47.0 Å². The van der Waals surface area contributed by atoms with Gasteiger partial charge in [-0.25, -0.2) is 10.9 Å². The van der Waals surface area contributed by atoms with Crippen LogP contribution in [0.4, 0.5) is 0 Å². The fraction of sp³-hybridized carbons (Fsp3) is 0.800. The van der Waals surface area contributed by atoms with Gasteiger partial charge in [0.1, 0.15) is 5.71 Å². The van der Waals surface area contributed by atoms with E-state index in [4.69, 9.17) is 0 Å². The second-order valence-electron chi connectivity index (χ2n) is 5.55. The van der Waals surface area contributed by atoms with Crippen LogP contribution in [0.25, 0.3) is 0 Å². The predicted octanol–water partition coefficient (Wildman–Crippen LogP) is 0.726. The SMILES string of the molecule is CC[C@@H](C)NN(CCCN(CC)CC)C(=O)C1=NNC(=O)C1. The van der Waals surface area contributed by atoms with Crippen molar-refractivity contribution in [1.82, 2.24) is 20.8 Å². The summed E-state index contributed by atoms with van der Waals surface area (Å²) >= 11 is 0. The number of hydrogen-bond acceptors (Lipinski definition) is 5. The molecular formula is C15H29N5O2. The first kappa shape index (κ1) is 18.6. The molecule has 1 aliphatic rings. The van der Waals surface area contributed by atoms with Gasteiger partial charge in [-0.05, 0) is 39.4 Å². The van der Waals surface area contributed by atoms with E-state index in [1.165, 1.54) is 0 Å². The third-order valence-corrected chi connectivity index (χ3v) is 3.87. The molecule has 2 amide bonds. The highest BCUT2D eigenvalue weighted by Gasteiger charge is 2.26. The van der Waals surface area contributed by atoms with Crippen molar-refractivity contribution in [3.05, 3.63) is 0 Å². The number of hydrogen-bond donors (Lipinski definition) is 2. The van der Waals surface area contributed by atoms with Crippen molar-refractivity contribution in [2.45, 2.75) is 53.0 Å². The molecule has 1 heterocycles. The van der Waals surface area contributed by atoms with Crippen molar-refractivity contribution < 1.29 is 9.59 Å². The second-order valence-corrected chi connectivity index (χ2v) is 5.55. The summed E-state index contributed by atoms with van der Waals surface area (Å²) in [5, 5.41) is 5.43. The molecule has 0 bridgehead atoms. The number of rotatable bonds is 10. The number of hydrazone groups is 1. The smallest absolute Gasteiger partial charge is 0.284 e. The van der Waals surface area contributed by atoms with Gasteiger partial charge in [-0.2, -0.15) is 5.10 Å². The second kappa shape index (κ2) is 9.53. The summed E-state index contributed by atoms with van der Waals surface area (Å²) in [6, 6.07) is 0.197. The van der Waals surface area contributed by atoms with Gasteiger partial charge < -0.3 is 4.90 Å². The van der Waals surface area contributed by atoms with Crippen LogP contribution in [0.5, 0.6) is 0 Å². The van der Waals surface area contributed by atoms with E-state index in [9.17, 15) is 9.59 Å². The fourth-order valence-corrected chi connectivity index (χ4v) is 2.21. The first-order chi connectivity index (χ1) is 10.5. The summed E-state index contributed by atoms with van der Waals surface area (Å²) in [6.07, 6.45) is 1.86. The minimum Gasteiger partial charge on any atom is -0.304 e. The Morgan fingerprint density at radius 1 is 1.32 bits per heavy atom. The van der Waals surface area contributed by atoms with E-state index < -0.39 is 0 Å². The highest BCUT2D eigenvalue weighted by atomic mass is 16.2. The average molecular weight is 311 g/mol. The van der Waals surface area contributed by atoms with E-state index >= 15 is 0 Å². The number of carbonyl (C=O) groups excluding carboxylic acids is 2. The topological polar surface area (TPSA) is 77.0 Å². The quantitative estimate of drug-likeness (QED) is 0.583. The number of amides is 2. The molecule has 1 aliphatic heterocycles. The van der Waals surface area contributed by atoms with E-state index in [-0.39, 0.29) is 30.0 Å². The van der Waals surface area contributed by atoms with Crippen LogP contribution < -0.4 is 10.9 Å². The molecule has 0 aromatic carbocycles. The lowest BCUT2D eigenvalue weighted by atomic mass is 10.2. The highest BCUT2D eigenvalue weighted by molar-refractivity contribution is 6.42. The third kappa shape index (κ3) is 5.73. The molecule has 0 aromatic heterocycles. The van der Waals surface area contributed by atoms with Crippen LogP contribution >= 0.6 is 0 Å². The van der Waals surface area contributed by atoms with Crippen molar-refractivity contribution in [2.75, 3.05) is 26.2 Å². The Kier molecular flexibility index (Phi) is 8.05. The summed E-state index contributed by atoms with van der Waals surface area (Å²) in [5.41, 5.74) is 5.83. The first-order valence-electron chi connectivity index (χ1n) is 8.17. The minimum absolute atomic E-state index is 0.0631. The molecule has 0 fully saturated rings. The van der Waals surface area contributed by atoms with Crippen molar-refractivity contribution >= 4 is 17.5 Å². The Labute approximate surface area is 133 Å². The van der Waals surface area contributed by atoms with Gasteiger partial charge in [-0.3, -0.25) is 14.6 Å². The van der Waals surface area contributed by atoms with Crippen LogP contribution in [0.15, 0.2) is 5.10 Å². The van der Waals surface area contributed by atoms with Crippen molar-refractivity contribution in [1.29, 1.82) is 0 Å². The summed E-state index contributed by atoms with van der Waals surface area (Å²) in [7, 11) is 0. The van der Waals surface area contributed by atoms with Crippen LogP contribution in [0, 0.1) is 0 Å². The predicted molar refractivity (Wildman–Crippen MR) is 87.2 cm³/mol. The van der Waals surface area contributed by atoms with Gasteiger partial charge in [0.25, 0.3) is 5.91 Å². The summed E-state index contributed by atoms with van der Waals surface area (Å²) in [5.74, 6) is -0.437. The Morgan fingerprint density at radius 3 is 2.50 bits per heavy atom. The number of carbonyl (C=O) groups is 2. The zero-order valence-electron chi connectivity index (χ0n) is 14.2. The summed E-state index contributed by atoms with van der Waals surface area (Å²) in [4.78, 5) is 26.0. The molecule has 0 unspecified atom stereocenters. The van der Waals surface area contributed by atoms with Gasteiger partial charge in [0, 0.05) is 12.6 Å². The molecule has 2 N–H and O–H groups in total. The van der Waals surface area contributed by atoms with E-state index in [0.717, 1.165) is 32.5 Å². The molecule has 0 aromatic rings. The standard InChI is InChI=1S/C15H29N5O2/c1-5-12(4)18-20(10-8-9-19(6-2)7-3)15(22)13-11-14(21)17-16-13/h12,18H,5-11H2,1-4H3,(H,17,21)/t12-/m1/s1. The molecule has 1 rings (SSSR count). The van der Waals surface area contributed by atoms with Gasteiger partial charge in [0.15, 0.2) is 0 Å².